The van der Waals surface area contributed by atoms with Crippen LogP contribution in [0, 0.1) is 13.8 Å². The number of nitrogens with zero attached hydrogens (tertiary/aromatic N) is 1. The highest BCUT2D eigenvalue weighted by Crippen LogP contribution is 2.16. The molecule has 0 saturated heterocycles. The molecule has 1 heterocycles. The standard InChI is InChI=1S/C10H13NO2S/c1-4-13-6-5-9(12)10-7(2)14-8(3)11-10/h5-6H,4H2,1-3H3. The molecule has 0 aliphatic carbocycles. The van der Waals surface area contributed by atoms with Crippen LogP contribution in [0.4, 0.5) is 0 Å². The predicted molar refractivity (Wildman–Crippen MR) is 56.7 cm³/mol. The van der Waals surface area contributed by atoms with E-state index in [4.69, 9.17) is 4.74 Å². The first-order chi connectivity index (χ1) is 6.65. The summed E-state index contributed by atoms with van der Waals surface area (Å²) in [5, 5.41) is 0.913. The Hall–Kier alpha value is -1.16. The molecule has 0 fully saturated rings. The monoisotopic (exact) mass is 211 g/mol. The molecule has 1 aromatic rings. The van der Waals surface area contributed by atoms with Gasteiger partial charge in [0, 0.05) is 11.0 Å². The topological polar surface area (TPSA) is 39.2 Å². The largest absolute Gasteiger partial charge is 0.501 e. The zero-order valence-corrected chi connectivity index (χ0v) is 9.35. The Bertz CT molecular complexity index is 355. The Morgan fingerprint density at radius 3 is 2.79 bits per heavy atom. The van der Waals surface area contributed by atoms with Gasteiger partial charge in [-0.25, -0.2) is 4.98 Å². The van der Waals surface area contributed by atoms with Gasteiger partial charge in [0.2, 0.25) is 5.78 Å². The van der Waals surface area contributed by atoms with Crippen LogP contribution in [0.25, 0.3) is 0 Å². The highest BCUT2D eigenvalue weighted by atomic mass is 32.1. The zero-order chi connectivity index (χ0) is 10.6. The van der Waals surface area contributed by atoms with Crippen molar-refractivity contribution in [2.75, 3.05) is 6.61 Å². The quantitative estimate of drug-likeness (QED) is 0.436. The fourth-order valence-corrected chi connectivity index (χ4v) is 1.87. The summed E-state index contributed by atoms with van der Waals surface area (Å²) in [6.07, 6.45) is 2.82. The van der Waals surface area contributed by atoms with Crippen molar-refractivity contribution in [2.24, 2.45) is 0 Å². The van der Waals surface area contributed by atoms with Gasteiger partial charge >= 0.3 is 0 Å². The van der Waals surface area contributed by atoms with Gasteiger partial charge in [-0.2, -0.15) is 0 Å². The van der Waals surface area contributed by atoms with E-state index in [9.17, 15) is 4.79 Å². The van der Waals surface area contributed by atoms with Crippen LogP contribution in [0.15, 0.2) is 12.3 Å². The Balaban J connectivity index is 2.74. The molecule has 0 aliphatic heterocycles. The summed E-state index contributed by atoms with van der Waals surface area (Å²) in [6.45, 7) is 6.22. The number of carbonyl (C=O) groups is 1. The SMILES string of the molecule is CCOC=CC(=O)c1nc(C)sc1C. The second-order valence-electron chi connectivity index (χ2n) is 2.76. The summed E-state index contributed by atoms with van der Waals surface area (Å²) in [4.78, 5) is 16.6. The van der Waals surface area contributed by atoms with Gasteiger partial charge in [0.15, 0.2) is 0 Å². The average molecular weight is 211 g/mol. The highest BCUT2D eigenvalue weighted by Gasteiger charge is 2.10. The molecule has 0 amide bonds. The molecule has 0 aliphatic rings. The van der Waals surface area contributed by atoms with Crippen LogP contribution in [0.1, 0.15) is 27.3 Å². The summed E-state index contributed by atoms with van der Waals surface area (Å²) >= 11 is 1.53. The molecule has 0 saturated carbocycles. The van der Waals surface area contributed by atoms with E-state index in [2.05, 4.69) is 4.98 Å². The van der Waals surface area contributed by atoms with E-state index in [1.807, 2.05) is 20.8 Å². The van der Waals surface area contributed by atoms with Gasteiger partial charge in [-0.05, 0) is 20.8 Å². The number of rotatable bonds is 4. The Morgan fingerprint density at radius 1 is 1.57 bits per heavy atom. The van der Waals surface area contributed by atoms with Crippen LogP contribution < -0.4 is 0 Å². The van der Waals surface area contributed by atoms with Crippen molar-refractivity contribution >= 4 is 17.1 Å². The number of ether oxygens (including phenoxy) is 1. The average Bonchev–Trinajstić information content (AvgIpc) is 2.45. The summed E-state index contributed by atoms with van der Waals surface area (Å²) in [5.74, 6) is -0.0969. The molecular weight excluding hydrogens is 198 g/mol. The predicted octanol–water partition coefficient (Wildman–Crippen LogP) is 2.49. The molecule has 0 bridgehead atoms. The van der Waals surface area contributed by atoms with Crippen LogP contribution in [-0.4, -0.2) is 17.4 Å². The Labute approximate surface area is 87.4 Å². The highest BCUT2D eigenvalue weighted by molar-refractivity contribution is 7.11. The third-order valence-corrected chi connectivity index (χ3v) is 2.51. The van der Waals surface area contributed by atoms with Crippen LogP contribution >= 0.6 is 11.3 Å². The van der Waals surface area contributed by atoms with Crippen molar-refractivity contribution in [1.82, 2.24) is 4.98 Å². The molecule has 0 radical (unpaired) electrons. The minimum Gasteiger partial charge on any atom is -0.501 e. The Morgan fingerprint density at radius 2 is 2.29 bits per heavy atom. The number of hydrogen-bond donors (Lipinski definition) is 0. The maximum Gasteiger partial charge on any atom is 0.208 e. The second kappa shape index (κ2) is 4.91. The van der Waals surface area contributed by atoms with Crippen LogP contribution in [0.5, 0.6) is 0 Å². The van der Waals surface area contributed by atoms with Gasteiger partial charge in [-0.15, -0.1) is 11.3 Å². The smallest absolute Gasteiger partial charge is 0.208 e. The van der Waals surface area contributed by atoms with Crippen molar-refractivity contribution in [1.29, 1.82) is 0 Å². The van der Waals surface area contributed by atoms with Gasteiger partial charge in [0.1, 0.15) is 5.69 Å². The van der Waals surface area contributed by atoms with Crippen LogP contribution in [0.3, 0.4) is 0 Å². The van der Waals surface area contributed by atoms with Crippen molar-refractivity contribution in [3.05, 3.63) is 27.9 Å². The molecule has 0 unspecified atom stereocenters. The lowest BCUT2D eigenvalue weighted by Crippen LogP contribution is -1.97. The lowest BCUT2D eigenvalue weighted by Gasteiger charge is -1.92. The van der Waals surface area contributed by atoms with E-state index in [-0.39, 0.29) is 5.78 Å². The number of hydrogen-bond acceptors (Lipinski definition) is 4. The first-order valence-corrected chi connectivity index (χ1v) is 5.23. The number of carbonyl (C=O) groups excluding carboxylic acids is 1. The summed E-state index contributed by atoms with van der Waals surface area (Å²) in [5.41, 5.74) is 0.531. The minimum absolute atomic E-state index is 0.0969. The zero-order valence-electron chi connectivity index (χ0n) is 8.53. The molecule has 76 valence electrons. The number of thiazole rings is 1. The Kier molecular flexibility index (Phi) is 3.83. The van der Waals surface area contributed by atoms with Gasteiger partial charge in [-0.1, -0.05) is 0 Å². The van der Waals surface area contributed by atoms with Gasteiger partial charge in [-0.3, -0.25) is 4.79 Å². The van der Waals surface area contributed by atoms with E-state index >= 15 is 0 Å². The van der Waals surface area contributed by atoms with E-state index in [1.54, 1.807) is 0 Å². The molecule has 14 heavy (non-hydrogen) atoms. The van der Waals surface area contributed by atoms with Gasteiger partial charge in [0.05, 0.1) is 17.9 Å². The normalized spacial score (nSPS) is 10.8. The molecule has 0 spiro atoms. The number of ketones is 1. The first-order valence-electron chi connectivity index (χ1n) is 4.41. The molecule has 0 N–H and O–H groups in total. The number of aryl methyl sites for hydroxylation is 2. The van der Waals surface area contributed by atoms with Crippen LogP contribution in [0.2, 0.25) is 0 Å². The third-order valence-electron chi connectivity index (χ3n) is 1.62. The summed E-state index contributed by atoms with van der Waals surface area (Å²) < 4.78 is 4.95. The van der Waals surface area contributed by atoms with E-state index in [0.29, 0.717) is 12.3 Å². The van der Waals surface area contributed by atoms with Gasteiger partial charge in [0.25, 0.3) is 0 Å². The molecule has 4 heteroatoms. The van der Waals surface area contributed by atoms with Crippen molar-refractivity contribution in [2.45, 2.75) is 20.8 Å². The molecular formula is C10H13NO2S. The fourth-order valence-electron chi connectivity index (χ4n) is 1.04. The third kappa shape index (κ3) is 2.67. The lowest BCUT2D eigenvalue weighted by atomic mass is 10.2. The number of allylic oxidation sites excluding steroid dienone is 1. The maximum atomic E-state index is 11.5. The maximum absolute atomic E-state index is 11.5. The second-order valence-corrected chi connectivity index (χ2v) is 4.17. The molecule has 3 nitrogen and oxygen atoms in total. The minimum atomic E-state index is -0.0969. The molecule has 1 rings (SSSR count). The van der Waals surface area contributed by atoms with E-state index in [0.717, 1.165) is 9.88 Å². The molecule has 0 aromatic carbocycles. The number of aromatic nitrogens is 1. The van der Waals surface area contributed by atoms with Crippen LogP contribution in [-0.2, 0) is 4.74 Å². The van der Waals surface area contributed by atoms with Crippen molar-refractivity contribution < 1.29 is 9.53 Å². The first kappa shape index (κ1) is 10.9. The molecule has 0 atom stereocenters. The van der Waals surface area contributed by atoms with E-state index in [1.165, 1.54) is 23.7 Å². The summed E-state index contributed by atoms with van der Waals surface area (Å²) in [6, 6.07) is 0. The summed E-state index contributed by atoms with van der Waals surface area (Å²) in [7, 11) is 0. The molecule has 1 aromatic heterocycles. The fraction of sp³-hybridized carbons (Fsp3) is 0.400. The van der Waals surface area contributed by atoms with Crippen molar-refractivity contribution in [3.8, 4) is 0 Å². The van der Waals surface area contributed by atoms with Crippen molar-refractivity contribution in [3.63, 3.8) is 0 Å². The van der Waals surface area contributed by atoms with E-state index < -0.39 is 0 Å². The van der Waals surface area contributed by atoms with Gasteiger partial charge < -0.3 is 4.74 Å². The lowest BCUT2D eigenvalue weighted by molar-refractivity contribution is 0.103.